The topological polar surface area (TPSA) is 57.0 Å². The molecular formula is C16H17Cl2N3O2S. The van der Waals surface area contributed by atoms with Gasteiger partial charge in [-0.05, 0) is 24.1 Å². The predicted molar refractivity (Wildman–Crippen MR) is 95.5 cm³/mol. The number of thioether (sulfide) groups is 1. The lowest BCUT2D eigenvalue weighted by atomic mass is 10.2. The van der Waals surface area contributed by atoms with Gasteiger partial charge in [-0.25, -0.2) is 0 Å². The molecule has 3 rings (SSSR count). The molecule has 2 heterocycles. The monoisotopic (exact) mass is 385 g/mol. The van der Waals surface area contributed by atoms with E-state index in [1.54, 1.807) is 12.1 Å². The van der Waals surface area contributed by atoms with E-state index in [9.17, 15) is 4.79 Å². The molecule has 5 nitrogen and oxygen atoms in total. The molecule has 0 bridgehead atoms. The van der Waals surface area contributed by atoms with Crippen LogP contribution in [0.2, 0.25) is 10.0 Å². The SMILES string of the molecule is CC(C)Cn1c(SC2CCOC2=O)nnc1-c1ccc(Cl)cc1Cl. The number of carbonyl (C=O) groups is 1. The van der Waals surface area contributed by atoms with E-state index in [2.05, 4.69) is 24.0 Å². The molecule has 1 aliphatic rings. The molecule has 1 aliphatic heterocycles. The molecule has 1 fully saturated rings. The zero-order chi connectivity index (χ0) is 17.3. The second kappa shape index (κ2) is 7.33. The number of esters is 1. The summed E-state index contributed by atoms with van der Waals surface area (Å²) in [6.45, 7) is 5.42. The summed E-state index contributed by atoms with van der Waals surface area (Å²) in [6.07, 6.45) is 0.690. The molecule has 8 heteroatoms. The highest BCUT2D eigenvalue weighted by molar-refractivity contribution is 8.00. The van der Waals surface area contributed by atoms with Gasteiger partial charge in [0, 0.05) is 23.6 Å². The third kappa shape index (κ3) is 3.71. The van der Waals surface area contributed by atoms with Crippen LogP contribution in [0.5, 0.6) is 0 Å². The van der Waals surface area contributed by atoms with E-state index in [1.165, 1.54) is 11.8 Å². The number of rotatable bonds is 5. The van der Waals surface area contributed by atoms with Crippen LogP contribution in [0.25, 0.3) is 11.4 Å². The van der Waals surface area contributed by atoms with Gasteiger partial charge in [0.05, 0.1) is 11.6 Å². The van der Waals surface area contributed by atoms with E-state index in [4.69, 9.17) is 27.9 Å². The Bertz CT molecular complexity index is 764. The zero-order valence-corrected chi connectivity index (χ0v) is 15.7. The number of hydrogen-bond donors (Lipinski definition) is 0. The molecule has 1 aromatic heterocycles. The van der Waals surface area contributed by atoms with Gasteiger partial charge in [-0.2, -0.15) is 0 Å². The highest BCUT2D eigenvalue weighted by Gasteiger charge is 2.30. The minimum Gasteiger partial charge on any atom is -0.465 e. The van der Waals surface area contributed by atoms with Crippen LogP contribution in [0, 0.1) is 5.92 Å². The first-order valence-corrected chi connectivity index (χ1v) is 9.31. The van der Waals surface area contributed by atoms with E-state index in [-0.39, 0.29) is 11.2 Å². The van der Waals surface area contributed by atoms with Crippen LogP contribution >= 0.6 is 35.0 Å². The summed E-state index contributed by atoms with van der Waals surface area (Å²) in [5.41, 5.74) is 0.773. The molecule has 1 aromatic carbocycles. The van der Waals surface area contributed by atoms with Crippen molar-refractivity contribution >= 4 is 40.9 Å². The molecule has 24 heavy (non-hydrogen) atoms. The van der Waals surface area contributed by atoms with Gasteiger partial charge in [0.2, 0.25) is 0 Å². The molecule has 0 N–H and O–H groups in total. The van der Waals surface area contributed by atoms with E-state index < -0.39 is 0 Å². The van der Waals surface area contributed by atoms with Crippen molar-refractivity contribution in [2.75, 3.05) is 6.61 Å². The normalized spacial score (nSPS) is 17.5. The summed E-state index contributed by atoms with van der Waals surface area (Å²) >= 11 is 13.7. The molecule has 1 unspecified atom stereocenters. The van der Waals surface area contributed by atoms with Crippen molar-refractivity contribution in [1.29, 1.82) is 0 Å². The highest BCUT2D eigenvalue weighted by Crippen LogP contribution is 2.34. The molecule has 0 radical (unpaired) electrons. The maximum absolute atomic E-state index is 11.7. The zero-order valence-electron chi connectivity index (χ0n) is 13.3. The number of nitrogens with zero attached hydrogens (tertiary/aromatic N) is 3. The molecule has 1 atom stereocenters. The Hall–Kier alpha value is -1.24. The van der Waals surface area contributed by atoms with Crippen LogP contribution in [0.1, 0.15) is 20.3 Å². The van der Waals surface area contributed by atoms with Crippen molar-refractivity contribution < 1.29 is 9.53 Å². The van der Waals surface area contributed by atoms with Gasteiger partial charge in [0.25, 0.3) is 0 Å². The first-order valence-electron chi connectivity index (χ1n) is 7.67. The average molecular weight is 386 g/mol. The van der Waals surface area contributed by atoms with E-state index >= 15 is 0 Å². The molecule has 128 valence electrons. The van der Waals surface area contributed by atoms with Gasteiger partial charge in [-0.1, -0.05) is 48.8 Å². The van der Waals surface area contributed by atoms with Crippen molar-refractivity contribution in [2.45, 2.75) is 37.2 Å². The number of ether oxygens (including phenoxy) is 1. The van der Waals surface area contributed by atoms with Gasteiger partial charge >= 0.3 is 5.97 Å². The number of carbonyl (C=O) groups excluding carboxylic acids is 1. The molecular weight excluding hydrogens is 369 g/mol. The van der Waals surface area contributed by atoms with Gasteiger partial charge in [-0.3, -0.25) is 4.79 Å². The first-order chi connectivity index (χ1) is 11.5. The summed E-state index contributed by atoms with van der Waals surface area (Å²) in [4.78, 5) is 11.7. The predicted octanol–water partition coefficient (Wildman–Crippen LogP) is 4.32. The van der Waals surface area contributed by atoms with Gasteiger partial charge in [0.1, 0.15) is 5.25 Å². The largest absolute Gasteiger partial charge is 0.465 e. The maximum Gasteiger partial charge on any atom is 0.319 e. The fourth-order valence-electron chi connectivity index (χ4n) is 2.49. The summed E-state index contributed by atoms with van der Waals surface area (Å²) in [6, 6.07) is 5.30. The van der Waals surface area contributed by atoms with Crippen LogP contribution in [0.4, 0.5) is 0 Å². The van der Waals surface area contributed by atoms with Gasteiger partial charge < -0.3 is 9.30 Å². The summed E-state index contributed by atoms with van der Waals surface area (Å²) < 4.78 is 7.04. The summed E-state index contributed by atoms with van der Waals surface area (Å²) in [7, 11) is 0. The minimum atomic E-state index is -0.228. The van der Waals surface area contributed by atoms with Crippen molar-refractivity contribution in [1.82, 2.24) is 14.8 Å². The molecule has 0 aliphatic carbocycles. The van der Waals surface area contributed by atoms with Crippen molar-refractivity contribution in [3.8, 4) is 11.4 Å². The summed E-state index contributed by atoms with van der Waals surface area (Å²) in [5, 5.41) is 10.2. The molecule has 0 saturated carbocycles. The van der Waals surface area contributed by atoms with Crippen LogP contribution in [-0.2, 0) is 16.1 Å². The van der Waals surface area contributed by atoms with Crippen LogP contribution < -0.4 is 0 Å². The average Bonchev–Trinajstić information content (AvgIpc) is 3.07. The van der Waals surface area contributed by atoms with E-state index in [0.29, 0.717) is 40.0 Å². The molecule has 0 spiro atoms. The Morgan fingerprint density at radius 1 is 1.38 bits per heavy atom. The van der Waals surface area contributed by atoms with Crippen molar-refractivity contribution in [2.24, 2.45) is 5.92 Å². The fraction of sp³-hybridized carbons (Fsp3) is 0.438. The quantitative estimate of drug-likeness (QED) is 0.717. The van der Waals surface area contributed by atoms with Gasteiger partial charge in [-0.15, -0.1) is 10.2 Å². The lowest BCUT2D eigenvalue weighted by Gasteiger charge is -2.14. The highest BCUT2D eigenvalue weighted by atomic mass is 35.5. The molecule has 2 aromatic rings. The second-order valence-electron chi connectivity index (χ2n) is 6.00. The number of aromatic nitrogens is 3. The van der Waals surface area contributed by atoms with Crippen molar-refractivity contribution in [3.63, 3.8) is 0 Å². The number of hydrogen-bond acceptors (Lipinski definition) is 5. The Kier molecular flexibility index (Phi) is 5.37. The summed E-state index contributed by atoms with van der Waals surface area (Å²) in [5.74, 6) is 0.880. The third-order valence-electron chi connectivity index (χ3n) is 3.57. The van der Waals surface area contributed by atoms with E-state index in [0.717, 1.165) is 12.1 Å². The lowest BCUT2D eigenvalue weighted by molar-refractivity contribution is -0.137. The van der Waals surface area contributed by atoms with Crippen LogP contribution in [0.3, 0.4) is 0 Å². The minimum absolute atomic E-state index is 0.190. The number of halogens is 2. The number of benzene rings is 1. The standard InChI is InChI=1S/C16H17Cl2N3O2S/c1-9(2)8-21-14(11-4-3-10(17)7-12(11)18)19-20-16(21)24-13-5-6-23-15(13)22/h3-4,7,9,13H,5-6,8H2,1-2H3. The fourth-order valence-corrected chi connectivity index (χ4v) is 3.99. The van der Waals surface area contributed by atoms with Gasteiger partial charge in [0.15, 0.2) is 11.0 Å². The number of cyclic esters (lactones) is 1. The third-order valence-corrected chi connectivity index (χ3v) is 5.34. The van der Waals surface area contributed by atoms with E-state index in [1.807, 2.05) is 10.6 Å². The molecule has 0 amide bonds. The lowest BCUT2D eigenvalue weighted by Crippen LogP contribution is -2.13. The second-order valence-corrected chi connectivity index (χ2v) is 8.01. The van der Waals surface area contributed by atoms with Crippen molar-refractivity contribution in [3.05, 3.63) is 28.2 Å². The Morgan fingerprint density at radius 2 is 2.17 bits per heavy atom. The van der Waals surface area contributed by atoms with Crippen LogP contribution in [0.15, 0.2) is 23.4 Å². The smallest absolute Gasteiger partial charge is 0.319 e. The first kappa shape index (κ1) is 17.6. The Morgan fingerprint density at radius 3 is 2.79 bits per heavy atom. The Labute approximate surface area is 154 Å². The van der Waals surface area contributed by atoms with Crippen LogP contribution in [-0.4, -0.2) is 32.6 Å². The maximum atomic E-state index is 11.7. The molecule has 1 saturated heterocycles. The Balaban J connectivity index is 1.98.